The number of nitrogens with one attached hydrogen (secondary N) is 1. The van der Waals surface area contributed by atoms with Crippen LogP contribution in [0.25, 0.3) is 0 Å². The first-order valence-corrected chi connectivity index (χ1v) is 6.24. The second-order valence-corrected chi connectivity index (χ2v) is 4.86. The second kappa shape index (κ2) is 5.26. The third kappa shape index (κ3) is 2.83. The third-order valence-corrected chi connectivity index (χ3v) is 3.04. The van der Waals surface area contributed by atoms with Crippen LogP contribution in [0.5, 0.6) is 0 Å². The highest BCUT2D eigenvalue weighted by atomic mass is 16.4. The van der Waals surface area contributed by atoms with Crippen molar-refractivity contribution in [2.75, 3.05) is 6.54 Å². The third-order valence-electron chi connectivity index (χ3n) is 3.04. The molecule has 0 radical (unpaired) electrons. The minimum absolute atomic E-state index is 0.0572. The average molecular weight is 263 g/mol. The van der Waals surface area contributed by atoms with E-state index in [1.807, 2.05) is 13.8 Å². The van der Waals surface area contributed by atoms with Crippen molar-refractivity contribution in [2.45, 2.75) is 32.9 Å². The van der Waals surface area contributed by atoms with Crippen LogP contribution in [0.2, 0.25) is 0 Å². The maximum absolute atomic E-state index is 11.9. The average Bonchev–Trinajstić information content (AvgIpc) is 2.36. The standard InChI is InChI=1S/C13H17N3O3/c1-8(2)15-13(19)16-6-4-11-10(7-16)9(12(17)18)3-5-14-11/h3,5,8H,4,6-7H2,1-2H3,(H,15,19)(H,17,18). The molecule has 0 bridgehead atoms. The van der Waals surface area contributed by atoms with Crippen LogP contribution >= 0.6 is 0 Å². The van der Waals surface area contributed by atoms with Crippen molar-refractivity contribution in [2.24, 2.45) is 0 Å². The highest BCUT2D eigenvalue weighted by molar-refractivity contribution is 5.89. The number of aromatic carboxylic acids is 1. The number of urea groups is 1. The number of carboxylic acid groups (broad SMARTS) is 1. The maximum atomic E-state index is 11.9. The Morgan fingerprint density at radius 1 is 1.47 bits per heavy atom. The van der Waals surface area contributed by atoms with Crippen molar-refractivity contribution in [1.29, 1.82) is 0 Å². The Morgan fingerprint density at radius 2 is 2.21 bits per heavy atom. The monoisotopic (exact) mass is 263 g/mol. The molecule has 0 saturated heterocycles. The topological polar surface area (TPSA) is 82.5 Å². The van der Waals surface area contributed by atoms with Gasteiger partial charge in [-0.25, -0.2) is 9.59 Å². The highest BCUT2D eigenvalue weighted by Gasteiger charge is 2.25. The van der Waals surface area contributed by atoms with Gasteiger partial charge in [-0.1, -0.05) is 0 Å². The Kier molecular flexibility index (Phi) is 3.69. The Labute approximate surface area is 111 Å². The van der Waals surface area contributed by atoms with E-state index in [9.17, 15) is 9.59 Å². The number of hydrogen-bond acceptors (Lipinski definition) is 3. The first kappa shape index (κ1) is 13.3. The molecule has 19 heavy (non-hydrogen) atoms. The summed E-state index contributed by atoms with van der Waals surface area (Å²) >= 11 is 0. The Bertz CT molecular complexity index is 514. The number of carboxylic acids is 1. The van der Waals surface area contributed by atoms with E-state index in [1.54, 1.807) is 4.90 Å². The Morgan fingerprint density at radius 3 is 2.84 bits per heavy atom. The van der Waals surface area contributed by atoms with Crippen LogP contribution in [0.1, 0.15) is 35.5 Å². The molecule has 2 amide bonds. The van der Waals surface area contributed by atoms with Gasteiger partial charge < -0.3 is 15.3 Å². The SMILES string of the molecule is CC(C)NC(=O)N1CCc2nccc(C(=O)O)c2C1. The van der Waals surface area contributed by atoms with Gasteiger partial charge in [0.2, 0.25) is 0 Å². The van der Waals surface area contributed by atoms with Crippen LogP contribution in [-0.2, 0) is 13.0 Å². The van der Waals surface area contributed by atoms with E-state index in [0.717, 1.165) is 5.69 Å². The van der Waals surface area contributed by atoms with Crippen molar-refractivity contribution in [3.05, 3.63) is 29.1 Å². The Hall–Kier alpha value is -2.11. The lowest BCUT2D eigenvalue weighted by molar-refractivity contribution is 0.0693. The van der Waals surface area contributed by atoms with E-state index in [0.29, 0.717) is 25.1 Å². The molecular formula is C13H17N3O3. The molecule has 0 atom stereocenters. The lowest BCUT2D eigenvalue weighted by Crippen LogP contribution is -2.45. The lowest BCUT2D eigenvalue weighted by atomic mass is 10.0. The van der Waals surface area contributed by atoms with Gasteiger partial charge in [0.15, 0.2) is 0 Å². The van der Waals surface area contributed by atoms with Gasteiger partial charge in [-0.05, 0) is 19.9 Å². The molecule has 0 saturated carbocycles. The van der Waals surface area contributed by atoms with Gasteiger partial charge >= 0.3 is 12.0 Å². The van der Waals surface area contributed by atoms with E-state index in [1.165, 1.54) is 12.3 Å². The lowest BCUT2D eigenvalue weighted by Gasteiger charge is -2.29. The van der Waals surface area contributed by atoms with E-state index >= 15 is 0 Å². The fraction of sp³-hybridized carbons (Fsp3) is 0.462. The molecule has 1 aromatic rings. The van der Waals surface area contributed by atoms with Crippen LogP contribution in [0.3, 0.4) is 0 Å². The van der Waals surface area contributed by atoms with Crippen LogP contribution in [0, 0.1) is 0 Å². The number of aromatic nitrogens is 1. The van der Waals surface area contributed by atoms with E-state index in [4.69, 9.17) is 5.11 Å². The smallest absolute Gasteiger partial charge is 0.336 e. The van der Waals surface area contributed by atoms with Crippen LogP contribution < -0.4 is 5.32 Å². The minimum Gasteiger partial charge on any atom is -0.478 e. The number of carbonyl (C=O) groups is 2. The maximum Gasteiger partial charge on any atom is 0.336 e. The van der Waals surface area contributed by atoms with Crippen molar-refractivity contribution in [3.63, 3.8) is 0 Å². The molecule has 1 aliphatic heterocycles. The largest absolute Gasteiger partial charge is 0.478 e. The summed E-state index contributed by atoms with van der Waals surface area (Å²) in [4.78, 5) is 28.9. The zero-order chi connectivity index (χ0) is 14.0. The van der Waals surface area contributed by atoms with E-state index in [-0.39, 0.29) is 17.6 Å². The van der Waals surface area contributed by atoms with Crippen molar-refractivity contribution < 1.29 is 14.7 Å². The molecule has 0 spiro atoms. The minimum atomic E-state index is -0.982. The molecule has 0 fully saturated rings. The van der Waals surface area contributed by atoms with Crippen molar-refractivity contribution in [1.82, 2.24) is 15.2 Å². The van der Waals surface area contributed by atoms with Crippen LogP contribution in [0.15, 0.2) is 12.3 Å². The van der Waals surface area contributed by atoms with Gasteiger partial charge in [0, 0.05) is 36.5 Å². The second-order valence-electron chi connectivity index (χ2n) is 4.86. The quantitative estimate of drug-likeness (QED) is 0.841. The molecule has 102 valence electrons. The molecule has 6 nitrogen and oxygen atoms in total. The zero-order valence-electron chi connectivity index (χ0n) is 11.0. The molecule has 1 aliphatic rings. The number of hydrogen-bond donors (Lipinski definition) is 2. The number of carbonyl (C=O) groups excluding carboxylic acids is 1. The zero-order valence-corrected chi connectivity index (χ0v) is 11.0. The van der Waals surface area contributed by atoms with Gasteiger partial charge in [0.05, 0.1) is 12.1 Å². The first-order valence-electron chi connectivity index (χ1n) is 6.24. The number of fused-ring (bicyclic) bond motifs is 1. The number of nitrogens with zero attached hydrogens (tertiary/aromatic N) is 2. The predicted octanol–water partition coefficient (Wildman–Crippen LogP) is 1.26. The summed E-state index contributed by atoms with van der Waals surface area (Å²) in [5.41, 5.74) is 1.64. The number of pyridine rings is 1. The molecule has 6 heteroatoms. The summed E-state index contributed by atoms with van der Waals surface area (Å²) in [5, 5.41) is 12.0. The summed E-state index contributed by atoms with van der Waals surface area (Å²) in [6.07, 6.45) is 2.09. The van der Waals surface area contributed by atoms with E-state index < -0.39 is 5.97 Å². The predicted molar refractivity (Wildman–Crippen MR) is 69.0 cm³/mol. The molecule has 0 aliphatic carbocycles. The van der Waals surface area contributed by atoms with Crippen molar-refractivity contribution in [3.8, 4) is 0 Å². The van der Waals surface area contributed by atoms with Gasteiger partial charge in [0.1, 0.15) is 0 Å². The Balaban J connectivity index is 2.23. The fourth-order valence-electron chi connectivity index (χ4n) is 2.15. The highest BCUT2D eigenvalue weighted by Crippen LogP contribution is 2.21. The summed E-state index contributed by atoms with van der Waals surface area (Å²) in [6, 6.07) is 1.37. The van der Waals surface area contributed by atoms with Gasteiger partial charge in [-0.15, -0.1) is 0 Å². The normalized spacial score (nSPS) is 14.2. The molecule has 1 aromatic heterocycles. The van der Waals surface area contributed by atoms with Gasteiger partial charge in [-0.3, -0.25) is 4.98 Å². The molecular weight excluding hydrogens is 246 g/mol. The summed E-state index contributed by atoms with van der Waals surface area (Å²) in [6.45, 7) is 4.63. The molecule has 0 aromatic carbocycles. The van der Waals surface area contributed by atoms with Crippen LogP contribution in [0.4, 0.5) is 4.79 Å². The number of amides is 2. The summed E-state index contributed by atoms with van der Waals surface area (Å²) in [7, 11) is 0. The first-order chi connectivity index (χ1) is 8.99. The molecule has 2 heterocycles. The van der Waals surface area contributed by atoms with Gasteiger partial charge in [0.25, 0.3) is 0 Å². The number of rotatable bonds is 2. The molecule has 0 unspecified atom stereocenters. The summed E-state index contributed by atoms with van der Waals surface area (Å²) < 4.78 is 0. The van der Waals surface area contributed by atoms with Gasteiger partial charge in [-0.2, -0.15) is 0 Å². The summed E-state index contributed by atoms with van der Waals surface area (Å²) in [5.74, 6) is -0.982. The fourth-order valence-corrected chi connectivity index (χ4v) is 2.15. The molecule has 2 rings (SSSR count). The van der Waals surface area contributed by atoms with Crippen LogP contribution in [-0.4, -0.2) is 39.6 Å². The molecule has 2 N–H and O–H groups in total. The van der Waals surface area contributed by atoms with E-state index in [2.05, 4.69) is 10.3 Å². The van der Waals surface area contributed by atoms with Crippen molar-refractivity contribution >= 4 is 12.0 Å².